The number of nitrogens with zero attached hydrogens (tertiary/aromatic N) is 2. The number of hydrogen-bond acceptors (Lipinski definition) is 4. The second-order valence-electron chi connectivity index (χ2n) is 10.3. The van der Waals surface area contributed by atoms with Crippen LogP contribution in [0.4, 0.5) is 4.79 Å². The molecule has 0 bridgehead atoms. The zero-order chi connectivity index (χ0) is 24.9. The molecule has 34 heavy (non-hydrogen) atoms. The van der Waals surface area contributed by atoms with Gasteiger partial charge in [-0.25, -0.2) is 4.79 Å². The number of benzene rings is 2. The summed E-state index contributed by atoms with van der Waals surface area (Å²) in [6, 6.07) is 15.6. The Kier molecular flexibility index (Phi) is 8.91. The largest absolute Gasteiger partial charge is 0.444 e. The molecule has 3 rings (SSSR count). The van der Waals surface area contributed by atoms with Crippen molar-refractivity contribution in [3.63, 3.8) is 0 Å². The molecule has 1 amide bonds. The molecule has 1 N–H and O–H groups in total. The topological polar surface area (TPSA) is 53.0 Å². The van der Waals surface area contributed by atoms with E-state index in [1.165, 1.54) is 0 Å². The second-order valence-corrected chi connectivity index (χ2v) is 11.1. The van der Waals surface area contributed by atoms with Gasteiger partial charge in [-0.2, -0.15) is 0 Å². The summed E-state index contributed by atoms with van der Waals surface area (Å²) in [4.78, 5) is 16.6. The molecular weight excluding hydrogens is 471 g/mol. The van der Waals surface area contributed by atoms with Crippen molar-refractivity contribution in [2.75, 3.05) is 33.2 Å². The first-order valence-corrected chi connectivity index (χ1v) is 12.6. The van der Waals surface area contributed by atoms with Gasteiger partial charge >= 0.3 is 6.09 Å². The number of rotatable bonds is 7. The Hall–Kier alpha value is -1.79. The van der Waals surface area contributed by atoms with Crippen LogP contribution in [-0.4, -0.2) is 59.8 Å². The molecular formula is C27H36Cl2N2O3. The van der Waals surface area contributed by atoms with Gasteiger partial charge < -0.3 is 19.6 Å². The molecule has 0 spiro atoms. The normalized spacial score (nSPS) is 17.3. The van der Waals surface area contributed by atoms with Gasteiger partial charge in [0.2, 0.25) is 0 Å². The van der Waals surface area contributed by atoms with Crippen molar-refractivity contribution in [1.29, 1.82) is 0 Å². The molecule has 0 radical (unpaired) electrons. The third-order valence-electron chi connectivity index (χ3n) is 6.40. The van der Waals surface area contributed by atoms with E-state index in [2.05, 4.69) is 4.90 Å². The first-order valence-electron chi connectivity index (χ1n) is 11.9. The number of aliphatic hydroxyl groups is 1. The van der Waals surface area contributed by atoms with Gasteiger partial charge in [0, 0.05) is 32.6 Å². The number of hydrogen-bond donors (Lipinski definition) is 1. The standard InChI is InChI=1S/C27H36Cl2N2O3/c1-26(2,3)34-25(32)30(4)19-21(20-10-11-23(28)24(29)18-20)12-15-31-16-13-27(33,14-17-31)22-8-6-5-7-9-22/h5-11,18,21,33H,12-17,19H2,1-4H3. The average molecular weight is 508 g/mol. The number of piperidine rings is 1. The number of likely N-dealkylation sites (N-methyl/N-ethyl adjacent to an activating group) is 1. The SMILES string of the molecule is CN(CC(CCN1CCC(O)(c2ccccc2)CC1)c1ccc(Cl)c(Cl)c1)C(=O)OC(C)(C)C. The Labute approximate surface area is 213 Å². The maximum atomic E-state index is 12.6. The fourth-order valence-corrected chi connectivity index (χ4v) is 4.70. The van der Waals surface area contributed by atoms with E-state index in [1.54, 1.807) is 18.0 Å². The van der Waals surface area contributed by atoms with E-state index >= 15 is 0 Å². The number of ether oxygens (including phenoxy) is 1. The monoisotopic (exact) mass is 506 g/mol. The number of halogens is 2. The highest BCUT2D eigenvalue weighted by Crippen LogP contribution is 2.34. The minimum atomic E-state index is -0.766. The molecule has 0 aliphatic carbocycles. The predicted octanol–water partition coefficient (Wildman–Crippen LogP) is 6.32. The highest BCUT2D eigenvalue weighted by molar-refractivity contribution is 6.42. The summed E-state index contributed by atoms with van der Waals surface area (Å²) in [5.41, 5.74) is 0.718. The molecule has 1 aliphatic rings. The van der Waals surface area contributed by atoms with Crippen molar-refractivity contribution >= 4 is 29.3 Å². The van der Waals surface area contributed by atoms with Crippen LogP contribution in [0.25, 0.3) is 0 Å². The molecule has 1 fully saturated rings. The molecule has 1 saturated heterocycles. The van der Waals surface area contributed by atoms with Crippen molar-refractivity contribution < 1.29 is 14.6 Å². The molecule has 1 unspecified atom stereocenters. The molecule has 2 aromatic rings. The smallest absolute Gasteiger partial charge is 0.410 e. The van der Waals surface area contributed by atoms with E-state index in [1.807, 2.05) is 63.2 Å². The predicted molar refractivity (Wildman–Crippen MR) is 139 cm³/mol. The van der Waals surface area contributed by atoms with Crippen molar-refractivity contribution in [2.24, 2.45) is 0 Å². The van der Waals surface area contributed by atoms with Crippen LogP contribution in [0.2, 0.25) is 10.0 Å². The first kappa shape index (κ1) is 26.8. The van der Waals surface area contributed by atoms with E-state index in [9.17, 15) is 9.90 Å². The summed E-state index contributed by atoms with van der Waals surface area (Å²) in [6.07, 6.45) is 1.90. The minimum Gasteiger partial charge on any atom is -0.444 e. The Morgan fingerprint density at radius 1 is 1.12 bits per heavy atom. The van der Waals surface area contributed by atoms with E-state index in [4.69, 9.17) is 27.9 Å². The summed E-state index contributed by atoms with van der Waals surface area (Å²) in [7, 11) is 1.76. The number of carbonyl (C=O) groups is 1. The third-order valence-corrected chi connectivity index (χ3v) is 7.14. The number of likely N-dealkylation sites (tertiary alicyclic amines) is 1. The molecule has 5 nitrogen and oxygen atoms in total. The Balaban J connectivity index is 1.65. The zero-order valence-corrected chi connectivity index (χ0v) is 22.1. The van der Waals surface area contributed by atoms with Crippen LogP contribution >= 0.6 is 23.2 Å². The second kappa shape index (κ2) is 11.3. The van der Waals surface area contributed by atoms with Crippen LogP contribution in [-0.2, 0) is 10.3 Å². The highest BCUT2D eigenvalue weighted by Gasteiger charge is 2.34. The van der Waals surface area contributed by atoms with Gasteiger partial charge in [0.05, 0.1) is 15.6 Å². The molecule has 7 heteroatoms. The molecule has 2 aromatic carbocycles. The molecule has 1 aliphatic heterocycles. The molecule has 0 aromatic heterocycles. The molecule has 1 atom stereocenters. The van der Waals surface area contributed by atoms with Gasteiger partial charge in [-0.3, -0.25) is 0 Å². The third kappa shape index (κ3) is 7.35. The number of amides is 1. The van der Waals surface area contributed by atoms with Crippen molar-refractivity contribution in [2.45, 2.75) is 57.2 Å². The van der Waals surface area contributed by atoms with Crippen LogP contribution in [0, 0.1) is 0 Å². The quantitative estimate of drug-likeness (QED) is 0.477. The first-order chi connectivity index (χ1) is 16.0. The van der Waals surface area contributed by atoms with E-state index < -0.39 is 11.2 Å². The fraction of sp³-hybridized carbons (Fsp3) is 0.519. The van der Waals surface area contributed by atoms with Crippen LogP contribution in [0.5, 0.6) is 0 Å². The van der Waals surface area contributed by atoms with Gasteiger partial charge in [-0.15, -0.1) is 0 Å². The van der Waals surface area contributed by atoms with Gasteiger partial charge in [0.15, 0.2) is 0 Å². The van der Waals surface area contributed by atoms with Crippen molar-refractivity contribution in [3.05, 3.63) is 69.7 Å². The van der Waals surface area contributed by atoms with Crippen molar-refractivity contribution in [1.82, 2.24) is 9.80 Å². The average Bonchev–Trinajstić information content (AvgIpc) is 2.79. The van der Waals surface area contributed by atoms with E-state index in [-0.39, 0.29) is 12.0 Å². The van der Waals surface area contributed by atoms with E-state index in [0.29, 0.717) is 29.4 Å². The Morgan fingerprint density at radius 3 is 2.35 bits per heavy atom. The lowest BCUT2D eigenvalue weighted by molar-refractivity contribution is -0.0265. The summed E-state index contributed by atoms with van der Waals surface area (Å²) in [5, 5.41) is 12.2. The van der Waals surface area contributed by atoms with Crippen molar-refractivity contribution in [3.8, 4) is 0 Å². The van der Waals surface area contributed by atoms with Gasteiger partial charge in [0.1, 0.15) is 5.60 Å². The summed E-state index contributed by atoms with van der Waals surface area (Å²) in [6.45, 7) is 8.60. The summed E-state index contributed by atoms with van der Waals surface area (Å²) < 4.78 is 5.54. The zero-order valence-electron chi connectivity index (χ0n) is 20.6. The molecule has 1 heterocycles. The minimum absolute atomic E-state index is 0.0715. The maximum absolute atomic E-state index is 12.6. The van der Waals surface area contributed by atoms with Crippen LogP contribution in [0.3, 0.4) is 0 Å². The lowest BCUT2D eigenvalue weighted by Crippen LogP contribution is -2.43. The van der Waals surface area contributed by atoms with Gasteiger partial charge in [-0.1, -0.05) is 59.6 Å². The Morgan fingerprint density at radius 2 is 1.76 bits per heavy atom. The summed E-state index contributed by atoms with van der Waals surface area (Å²) in [5.74, 6) is 0.0715. The number of carbonyl (C=O) groups excluding carboxylic acids is 1. The van der Waals surface area contributed by atoms with E-state index in [0.717, 1.165) is 37.2 Å². The Bertz CT molecular complexity index is 954. The maximum Gasteiger partial charge on any atom is 0.410 e. The lowest BCUT2D eigenvalue weighted by Gasteiger charge is -2.39. The fourth-order valence-electron chi connectivity index (χ4n) is 4.40. The van der Waals surface area contributed by atoms with Gasteiger partial charge in [-0.05, 0) is 69.8 Å². The highest BCUT2D eigenvalue weighted by atomic mass is 35.5. The lowest BCUT2D eigenvalue weighted by atomic mass is 9.84. The van der Waals surface area contributed by atoms with Crippen LogP contribution < -0.4 is 0 Å². The molecule has 186 valence electrons. The van der Waals surface area contributed by atoms with Crippen LogP contribution in [0.1, 0.15) is 57.1 Å². The van der Waals surface area contributed by atoms with Crippen LogP contribution in [0.15, 0.2) is 48.5 Å². The molecule has 0 saturated carbocycles. The summed E-state index contributed by atoms with van der Waals surface area (Å²) >= 11 is 12.4. The van der Waals surface area contributed by atoms with Gasteiger partial charge in [0.25, 0.3) is 0 Å².